The third kappa shape index (κ3) is 2.29. The third-order valence-corrected chi connectivity index (χ3v) is 2.26. The first-order chi connectivity index (χ1) is 9.54. The molecule has 2 amide bonds. The molecule has 2 aromatic rings. The summed E-state index contributed by atoms with van der Waals surface area (Å²) in [4.78, 5) is 56.7. The number of amides is 2. The number of imide groups is 1. The van der Waals surface area contributed by atoms with Gasteiger partial charge in [0.25, 0.3) is 11.5 Å². The minimum absolute atomic E-state index is 0.0209. The molecular weight excluding hydrogens is 270 g/mol. The number of anilines is 1. The zero-order valence-corrected chi connectivity index (χ0v) is 9.73. The number of carbonyl (C=O) groups is 2. The van der Waals surface area contributed by atoms with Gasteiger partial charge in [-0.3, -0.25) is 24.4 Å². The molecular formula is C10H7N5O5. The maximum Gasteiger partial charge on any atom is 0.328 e. The maximum absolute atomic E-state index is 12.0. The molecule has 0 fully saturated rings. The number of carbonyl (C=O) groups excluding carboxylic acids is 2. The van der Waals surface area contributed by atoms with E-state index in [2.05, 4.69) is 9.97 Å². The highest BCUT2D eigenvalue weighted by atomic mass is 16.3. The molecule has 0 aliphatic carbocycles. The SMILES string of the molecule is O=CN(C(=O)c1ccncn1)c1c(O)[nH]c(=O)[nH]c1=O. The molecule has 2 aromatic heterocycles. The molecule has 10 heteroatoms. The molecule has 0 saturated carbocycles. The smallest absolute Gasteiger partial charge is 0.328 e. The highest BCUT2D eigenvalue weighted by molar-refractivity contribution is 6.14. The largest absolute Gasteiger partial charge is 0.493 e. The Morgan fingerprint density at radius 3 is 2.65 bits per heavy atom. The lowest BCUT2D eigenvalue weighted by Crippen LogP contribution is -2.36. The molecule has 10 nitrogen and oxygen atoms in total. The Labute approximate surface area is 109 Å². The van der Waals surface area contributed by atoms with E-state index < -0.39 is 28.7 Å². The van der Waals surface area contributed by atoms with E-state index in [1.807, 2.05) is 4.98 Å². The lowest BCUT2D eigenvalue weighted by atomic mass is 10.3. The molecule has 0 aromatic carbocycles. The van der Waals surface area contributed by atoms with Crippen molar-refractivity contribution < 1.29 is 14.7 Å². The Balaban J connectivity index is 2.55. The summed E-state index contributed by atoms with van der Waals surface area (Å²) in [6.07, 6.45) is 2.36. The quantitative estimate of drug-likeness (QED) is 0.569. The Morgan fingerprint density at radius 2 is 2.10 bits per heavy atom. The number of nitrogens with zero attached hydrogens (tertiary/aromatic N) is 3. The fourth-order valence-electron chi connectivity index (χ4n) is 1.43. The number of hydrogen-bond acceptors (Lipinski definition) is 7. The van der Waals surface area contributed by atoms with Gasteiger partial charge in [-0.15, -0.1) is 0 Å². The topological polar surface area (TPSA) is 149 Å². The van der Waals surface area contributed by atoms with Crippen molar-refractivity contribution in [2.24, 2.45) is 0 Å². The number of aromatic amines is 2. The van der Waals surface area contributed by atoms with Gasteiger partial charge in [-0.2, -0.15) is 0 Å². The van der Waals surface area contributed by atoms with E-state index >= 15 is 0 Å². The van der Waals surface area contributed by atoms with Crippen molar-refractivity contribution in [2.45, 2.75) is 0 Å². The number of aromatic nitrogens is 4. The molecule has 0 atom stereocenters. The molecule has 2 heterocycles. The summed E-state index contributed by atoms with van der Waals surface area (Å²) in [5.74, 6) is -1.87. The van der Waals surface area contributed by atoms with E-state index in [0.717, 1.165) is 6.33 Å². The first kappa shape index (κ1) is 13.1. The molecule has 0 aliphatic rings. The van der Waals surface area contributed by atoms with Crippen LogP contribution in [0.1, 0.15) is 10.5 Å². The van der Waals surface area contributed by atoms with Crippen LogP contribution in [0.25, 0.3) is 0 Å². The van der Waals surface area contributed by atoms with Crippen molar-refractivity contribution in [3.05, 3.63) is 45.1 Å². The normalized spacial score (nSPS) is 10.0. The van der Waals surface area contributed by atoms with Gasteiger partial charge < -0.3 is 5.11 Å². The second-order valence-corrected chi connectivity index (χ2v) is 3.48. The molecule has 2 rings (SSSR count). The van der Waals surface area contributed by atoms with Crippen molar-refractivity contribution in [1.29, 1.82) is 0 Å². The lowest BCUT2D eigenvalue weighted by Gasteiger charge is -2.14. The number of rotatable bonds is 3. The molecule has 0 saturated heterocycles. The standard InChI is InChI=1S/C10H7N5O5/c16-4-15(9(19)5-1-2-11-3-12-5)6-7(17)13-10(20)14-8(6)18/h1-4H,(H3,13,14,17,18,20). The highest BCUT2D eigenvalue weighted by Gasteiger charge is 2.24. The van der Waals surface area contributed by atoms with Crippen LogP contribution in [0, 0.1) is 0 Å². The number of H-pyrrole nitrogens is 2. The van der Waals surface area contributed by atoms with E-state index in [0.29, 0.717) is 4.90 Å². The van der Waals surface area contributed by atoms with E-state index in [1.54, 1.807) is 4.98 Å². The summed E-state index contributed by atoms with van der Waals surface area (Å²) in [5, 5.41) is 9.51. The van der Waals surface area contributed by atoms with Crippen LogP contribution in [-0.4, -0.2) is 37.4 Å². The van der Waals surface area contributed by atoms with Gasteiger partial charge in [-0.25, -0.2) is 19.7 Å². The van der Waals surface area contributed by atoms with Crippen LogP contribution < -0.4 is 16.1 Å². The van der Waals surface area contributed by atoms with Gasteiger partial charge in [0.1, 0.15) is 12.0 Å². The molecule has 0 unspecified atom stereocenters. The zero-order valence-electron chi connectivity index (χ0n) is 9.73. The van der Waals surface area contributed by atoms with Crippen LogP contribution in [0.2, 0.25) is 0 Å². The molecule has 0 bridgehead atoms. The highest BCUT2D eigenvalue weighted by Crippen LogP contribution is 2.18. The van der Waals surface area contributed by atoms with Gasteiger partial charge in [-0.1, -0.05) is 0 Å². The number of nitrogens with one attached hydrogen (secondary N) is 2. The molecule has 3 N–H and O–H groups in total. The zero-order chi connectivity index (χ0) is 14.7. The van der Waals surface area contributed by atoms with Crippen molar-refractivity contribution >= 4 is 18.0 Å². The Kier molecular flexibility index (Phi) is 3.37. The van der Waals surface area contributed by atoms with Crippen LogP contribution in [0.5, 0.6) is 5.88 Å². The van der Waals surface area contributed by atoms with Gasteiger partial charge in [-0.05, 0) is 6.07 Å². The van der Waals surface area contributed by atoms with Crippen LogP contribution in [0.15, 0.2) is 28.2 Å². The first-order valence-electron chi connectivity index (χ1n) is 5.15. The molecule has 20 heavy (non-hydrogen) atoms. The summed E-state index contributed by atoms with van der Waals surface area (Å²) in [6.45, 7) is 0. The van der Waals surface area contributed by atoms with Crippen molar-refractivity contribution in [1.82, 2.24) is 19.9 Å². The van der Waals surface area contributed by atoms with E-state index in [4.69, 9.17) is 0 Å². The van der Waals surface area contributed by atoms with E-state index in [9.17, 15) is 24.3 Å². The van der Waals surface area contributed by atoms with Crippen LogP contribution >= 0.6 is 0 Å². The third-order valence-electron chi connectivity index (χ3n) is 2.26. The summed E-state index contributed by atoms with van der Waals surface area (Å²) in [6, 6.07) is 1.22. The van der Waals surface area contributed by atoms with Gasteiger partial charge in [0.05, 0.1) is 0 Å². The molecule has 0 spiro atoms. The van der Waals surface area contributed by atoms with Crippen molar-refractivity contribution in [3.63, 3.8) is 0 Å². The minimum Gasteiger partial charge on any atom is -0.493 e. The van der Waals surface area contributed by atoms with Gasteiger partial charge in [0.2, 0.25) is 12.3 Å². The van der Waals surface area contributed by atoms with Crippen molar-refractivity contribution in [2.75, 3.05) is 4.90 Å². The average Bonchev–Trinajstić information content (AvgIpc) is 2.43. The lowest BCUT2D eigenvalue weighted by molar-refractivity contribution is -0.107. The fourth-order valence-corrected chi connectivity index (χ4v) is 1.43. The predicted octanol–water partition coefficient (Wildman–Crippen LogP) is -1.64. The van der Waals surface area contributed by atoms with E-state index in [1.165, 1.54) is 12.3 Å². The van der Waals surface area contributed by atoms with Gasteiger partial charge in [0, 0.05) is 6.20 Å². The summed E-state index contributed by atoms with van der Waals surface area (Å²) < 4.78 is 0. The number of hydrogen-bond donors (Lipinski definition) is 3. The monoisotopic (exact) mass is 277 g/mol. The summed E-state index contributed by atoms with van der Waals surface area (Å²) in [7, 11) is 0. The number of aromatic hydroxyl groups is 1. The molecule has 0 radical (unpaired) electrons. The maximum atomic E-state index is 12.0. The van der Waals surface area contributed by atoms with Crippen molar-refractivity contribution in [3.8, 4) is 5.88 Å². The Hall–Kier alpha value is -3.30. The average molecular weight is 277 g/mol. The minimum atomic E-state index is -1.10. The van der Waals surface area contributed by atoms with Gasteiger partial charge in [0.15, 0.2) is 5.69 Å². The summed E-state index contributed by atoms with van der Waals surface area (Å²) in [5.41, 5.74) is -2.95. The Bertz CT molecular complexity index is 766. The Morgan fingerprint density at radius 1 is 1.35 bits per heavy atom. The second kappa shape index (κ2) is 5.14. The van der Waals surface area contributed by atoms with Crippen LogP contribution in [-0.2, 0) is 4.79 Å². The van der Waals surface area contributed by atoms with Crippen LogP contribution in [0.4, 0.5) is 5.69 Å². The summed E-state index contributed by atoms with van der Waals surface area (Å²) >= 11 is 0. The molecule has 0 aliphatic heterocycles. The second-order valence-electron chi connectivity index (χ2n) is 3.48. The first-order valence-corrected chi connectivity index (χ1v) is 5.15. The molecule has 102 valence electrons. The van der Waals surface area contributed by atoms with Gasteiger partial charge >= 0.3 is 5.69 Å². The van der Waals surface area contributed by atoms with E-state index in [-0.39, 0.29) is 12.1 Å². The van der Waals surface area contributed by atoms with Crippen LogP contribution in [0.3, 0.4) is 0 Å². The fraction of sp³-hybridized carbons (Fsp3) is 0. The predicted molar refractivity (Wildman–Crippen MR) is 64.3 cm³/mol.